The lowest BCUT2D eigenvalue weighted by molar-refractivity contribution is -0.164. The van der Waals surface area contributed by atoms with Gasteiger partial charge in [0.25, 0.3) is 12.1 Å². The minimum atomic E-state index is -3.64. The van der Waals surface area contributed by atoms with Gasteiger partial charge in [0.15, 0.2) is 0 Å². The van der Waals surface area contributed by atoms with Crippen LogP contribution in [-0.4, -0.2) is 17.5 Å². The van der Waals surface area contributed by atoms with Crippen LogP contribution in [0.3, 0.4) is 0 Å². The van der Waals surface area contributed by atoms with Crippen LogP contribution in [0.2, 0.25) is 0 Å². The van der Waals surface area contributed by atoms with Crippen molar-refractivity contribution in [2.24, 2.45) is 0 Å². The van der Waals surface area contributed by atoms with E-state index in [2.05, 4.69) is 0 Å². The molecule has 1 aromatic carbocycles. The van der Waals surface area contributed by atoms with Crippen molar-refractivity contribution in [3.05, 3.63) is 33.4 Å². The quantitative estimate of drug-likeness (QED) is 0.866. The fraction of sp³-hybridized carbons (Fsp3) is 0.222. The summed E-state index contributed by atoms with van der Waals surface area (Å²) < 4.78 is 38.9. The predicted octanol–water partition coefficient (Wildman–Crippen LogP) is 2.81. The molecule has 2 nitrogen and oxygen atoms in total. The molecule has 0 saturated heterocycles. The largest absolute Gasteiger partial charge is 0.478 e. The zero-order valence-corrected chi connectivity index (χ0v) is 9.41. The molecule has 0 heterocycles. The van der Waals surface area contributed by atoms with Gasteiger partial charge in [-0.1, -0.05) is 12.1 Å². The van der Waals surface area contributed by atoms with Crippen molar-refractivity contribution in [2.45, 2.75) is 12.1 Å². The Morgan fingerprint density at radius 1 is 1.47 bits per heavy atom. The fourth-order valence-corrected chi connectivity index (χ4v) is 1.60. The summed E-state index contributed by atoms with van der Waals surface area (Å²) in [5, 5.41) is 8.49. The number of aliphatic carboxylic acids is 1. The molecule has 0 aromatic heterocycles. The molecule has 82 valence electrons. The first-order valence-electron chi connectivity index (χ1n) is 3.85. The zero-order chi connectivity index (χ0) is 11.6. The summed E-state index contributed by atoms with van der Waals surface area (Å²) in [5.41, 5.74) is -4.18. The number of carbonyl (C=O) groups is 1. The van der Waals surface area contributed by atoms with Gasteiger partial charge in [-0.3, -0.25) is 0 Å². The van der Waals surface area contributed by atoms with E-state index in [0.717, 1.165) is 12.1 Å². The second-order valence-electron chi connectivity index (χ2n) is 2.83. The molecule has 0 radical (unpaired) electrons. The Hall–Kier alpha value is -0.790. The van der Waals surface area contributed by atoms with E-state index in [1.165, 1.54) is 6.07 Å². The molecule has 0 aliphatic carbocycles. The number of alkyl halides is 3. The van der Waals surface area contributed by atoms with Crippen molar-refractivity contribution in [2.75, 3.05) is 0 Å². The summed E-state index contributed by atoms with van der Waals surface area (Å²) in [6.07, 6.45) is -3.60. The highest BCUT2D eigenvalue weighted by Gasteiger charge is 2.50. The summed E-state index contributed by atoms with van der Waals surface area (Å²) in [7, 11) is 0. The van der Waals surface area contributed by atoms with E-state index in [0.29, 0.717) is 3.57 Å². The van der Waals surface area contributed by atoms with Gasteiger partial charge in [0, 0.05) is 9.13 Å². The number of carboxylic acids is 1. The highest BCUT2D eigenvalue weighted by molar-refractivity contribution is 14.1. The van der Waals surface area contributed by atoms with Crippen molar-refractivity contribution in [1.82, 2.24) is 0 Å². The van der Waals surface area contributed by atoms with E-state index in [4.69, 9.17) is 5.11 Å². The molecule has 0 aliphatic rings. The van der Waals surface area contributed by atoms with Crippen LogP contribution in [-0.2, 0) is 10.5 Å². The first kappa shape index (κ1) is 12.3. The molecular formula is C9H6F3IO2. The minimum Gasteiger partial charge on any atom is -0.478 e. The second-order valence-corrected chi connectivity index (χ2v) is 4.07. The standard InChI is InChI=1S/C9H6F3IO2/c10-7(11)9(12,8(14)15)5-2-1-3-6(13)4-5/h1-4,7H,(H,14,15). The van der Waals surface area contributed by atoms with E-state index in [9.17, 15) is 18.0 Å². The number of hydrogen-bond donors (Lipinski definition) is 1. The van der Waals surface area contributed by atoms with Gasteiger partial charge >= 0.3 is 5.97 Å². The first-order chi connectivity index (χ1) is 6.89. The Morgan fingerprint density at radius 2 is 2.07 bits per heavy atom. The minimum absolute atomic E-state index is 0.494. The molecular weight excluding hydrogens is 324 g/mol. The lowest BCUT2D eigenvalue weighted by atomic mass is 9.96. The van der Waals surface area contributed by atoms with E-state index >= 15 is 0 Å². The number of hydrogen-bond acceptors (Lipinski definition) is 1. The van der Waals surface area contributed by atoms with Gasteiger partial charge in [0.1, 0.15) is 0 Å². The summed E-state index contributed by atoms with van der Waals surface area (Å²) in [5.74, 6) is -2.18. The molecule has 0 bridgehead atoms. The van der Waals surface area contributed by atoms with Crippen molar-refractivity contribution in [3.8, 4) is 0 Å². The van der Waals surface area contributed by atoms with E-state index < -0.39 is 23.6 Å². The normalized spacial score (nSPS) is 15.0. The fourth-order valence-electron chi connectivity index (χ4n) is 1.06. The smallest absolute Gasteiger partial charge is 0.352 e. The van der Waals surface area contributed by atoms with Crippen LogP contribution in [0.1, 0.15) is 5.56 Å². The van der Waals surface area contributed by atoms with Crippen molar-refractivity contribution in [3.63, 3.8) is 0 Å². The summed E-state index contributed by atoms with van der Waals surface area (Å²) in [4.78, 5) is 10.5. The highest BCUT2D eigenvalue weighted by Crippen LogP contribution is 2.33. The SMILES string of the molecule is O=C(O)C(F)(c1cccc(I)c1)C(F)F. The van der Waals surface area contributed by atoms with Gasteiger partial charge in [-0.05, 0) is 34.7 Å². The van der Waals surface area contributed by atoms with Crippen LogP contribution in [0.4, 0.5) is 13.2 Å². The molecule has 0 spiro atoms. The zero-order valence-electron chi connectivity index (χ0n) is 7.25. The molecule has 1 unspecified atom stereocenters. The third-order valence-electron chi connectivity index (χ3n) is 1.86. The van der Waals surface area contributed by atoms with E-state index in [1.54, 1.807) is 28.7 Å². The van der Waals surface area contributed by atoms with Crippen molar-refractivity contribution >= 4 is 28.6 Å². The van der Waals surface area contributed by atoms with Gasteiger partial charge < -0.3 is 5.11 Å². The summed E-state index contributed by atoms with van der Waals surface area (Å²) >= 11 is 1.79. The van der Waals surface area contributed by atoms with Gasteiger partial charge in [0.05, 0.1) is 0 Å². The van der Waals surface area contributed by atoms with Gasteiger partial charge in [-0.2, -0.15) is 0 Å². The van der Waals surface area contributed by atoms with Crippen LogP contribution < -0.4 is 0 Å². The van der Waals surface area contributed by atoms with Gasteiger partial charge in [-0.15, -0.1) is 0 Å². The maximum atomic E-state index is 13.6. The maximum absolute atomic E-state index is 13.6. The maximum Gasteiger partial charge on any atom is 0.352 e. The Kier molecular flexibility index (Phi) is 3.58. The van der Waals surface area contributed by atoms with Crippen molar-refractivity contribution in [1.29, 1.82) is 0 Å². The Balaban J connectivity index is 3.28. The first-order valence-corrected chi connectivity index (χ1v) is 4.93. The lowest BCUT2D eigenvalue weighted by Gasteiger charge is -2.20. The number of halogens is 4. The van der Waals surface area contributed by atoms with Gasteiger partial charge in [0.2, 0.25) is 0 Å². The van der Waals surface area contributed by atoms with E-state index in [1.807, 2.05) is 0 Å². The molecule has 0 fully saturated rings. The molecule has 1 aromatic rings. The molecule has 1 atom stereocenters. The van der Waals surface area contributed by atoms with E-state index in [-0.39, 0.29) is 0 Å². The average molecular weight is 330 g/mol. The Bertz CT molecular complexity index is 383. The topological polar surface area (TPSA) is 37.3 Å². The highest BCUT2D eigenvalue weighted by atomic mass is 127. The lowest BCUT2D eigenvalue weighted by Crippen LogP contribution is -2.38. The summed E-state index contributed by atoms with van der Waals surface area (Å²) in [6.45, 7) is 0. The number of carboxylic acid groups (broad SMARTS) is 1. The van der Waals surface area contributed by atoms with Crippen LogP contribution in [0.5, 0.6) is 0 Å². The van der Waals surface area contributed by atoms with Crippen LogP contribution in [0, 0.1) is 3.57 Å². The predicted molar refractivity (Wildman–Crippen MR) is 55.6 cm³/mol. The molecule has 1 N–H and O–H groups in total. The van der Waals surface area contributed by atoms with Crippen LogP contribution in [0.25, 0.3) is 0 Å². The molecule has 0 aliphatic heterocycles. The third-order valence-corrected chi connectivity index (χ3v) is 2.53. The van der Waals surface area contributed by atoms with Gasteiger partial charge in [-0.25, -0.2) is 18.0 Å². The number of benzene rings is 1. The molecule has 15 heavy (non-hydrogen) atoms. The average Bonchev–Trinajstić information content (AvgIpc) is 2.15. The third kappa shape index (κ3) is 2.24. The second kappa shape index (κ2) is 4.38. The number of rotatable bonds is 3. The Labute approximate surface area is 97.2 Å². The molecule has 0 amide bonds. The molecule has 1 rings (SSSR count). The molecule has 0 saturated carbocycles. The van der Waals surface area contributed by atoms with Crippen LogP contribution in [0.15, 0.2) is 24.3 Å². The summed E-state index contributed by atoms with van der Waals surface area (Å²) in [6, 6.07) is 5.00. The monoisotopic (exact) mass is 330 g/mol. The van der Waals surface area contributed by atoms with Crippen LogP contribution >= 0.6 is 22.6 Å². The molecule has 6 heteroatoms. The van der Waals surface area contributed by atoms with Crippen molar-refractivity contribution < 1.29 is 23.1 Å². The Morgan fingerprint density at radius 3 is 2.47 bits per heavy atom.